The Morgan fingerprint density at radius 3 is 2.67 bits per heavy atom. The molecule has 2 saturated heterocycles. The molecule has 8 heteroatoms. The third-order valence-electron chi connectivity index (χ3n) is 8.44. The topological polar surface area (TPSA) is 81.3 Å². The van der Waals surface area contributed by atoms with Crippen molar-refractivity contribution in [3.8, 4) is 0 Å². The van der Waals surface area contributed by atoms with Crippen molar-refractivity contribution >= 4 is 11.8 Å². The number of fused-ring (bicyclic) bond motifs is 3. The van der Waals surface area contributed by atoms with Gasteiger partial charge in [-0.25, -0.2) is 9.37 Å². The van der Waals surface area contributed by atoms with Gasteiger partial charge in [0, 0.05) is 50.6 Å². The molecule has 2 N–H and O–H groups in total. The lowest BCUT2D eigenvalue weighted by atomic mass is 9.80. The summed E-state index contributed by atoms with van der Waals surface area (Å²) in [5.74, 6) is 1.15. The number of nitrogens with zero attached hydrogens (tertiary/aromatic N) is 3. The summed E-state index contributed by atoms with van der Waals surface area (Å²) in [7, 11) is 0. The minimum absolute atomic E-state index is 0.0517. The molecule has 0 saturated carbocycles. The minimum atomic E-state index is -0.282. The molecule has 2 aromatic rings. The summed E-state index contributed by atoms with van der Waals surface area (Å²) in [6.07, 6.45) is 6.52. The highest BCUT2D eigenvalue weighted by Gasteiger charge is 2.47. The molecule has 0 radical (unpaired) electrons. The van der Waals surface area contributed by atoms with E-state index in [9.17, 15) is 14.0 Å². The number of amides is 2. The zero-order valence-electron chi connectivity index (χ0n) is 21.6. The fourth-order valence-electron chi connectivity index (χ4n) is 6.98. The van der Waals surface area contributed by atoms with Crippen LogP contribution in [0.1, 0.15) is 87.2 Å². The Balaban J connectivity index is 1.31. The van der Waals surface area contributed by atoms with Gasteiger partial charge in [0.2, 0.25) is 11.8 Å². The molecule has 1 aromatic heterocycles. The Morgan fingerprint density at radius 2 is 2.00 bits per heavy atom. The normalized spacial score (nSPS) is 26.5. The first-order valence-corrected chi connectivity index (χ1v) is 13.5. The second-order valence-corrected chi connectivity index (χ2v) is 10.8. The first-order chi connectivity index (χ1) is 17.3. The van der Waals surface area contributed by atoms with Crippen molar-refractivity contribution in [1.82, 2.24) is 25.1 Å². The Bertz CT molecular complexity index is 1100. The Kier molecular flexibility index (Phi) is 7.15. The second-order valence-electron chi connectivity index (χ2n) is 10.8. The molecule has 3 aliphatic rings. The number of H-pyrrole nitrogens is 1. The predicted molar refractivity (Wildman–Crippen MR) is 136 cm³/mol. The van der Waals surface area contributed by atoms with Crippen LogP contribution in [0.25, 0.3) is 0 Å². The van der Waals surface area contributed by atoms with Crippen LogP contribution in [0.4, 0.5) is 4.39 Å². The molecule has 1 aromatic carbocycles. The summed E-state index contributed by atoms with van der Waals surface area (Å²) >= 11 is 0. The summed E-state index contributed by atoms with van der Waals surface area (Å²) in [5.41, 5.74) is 3.08. The number of carbonyl (C=O) groups excluding carboxylic acids is 2. The summed E-state index contributed by atoms with van der Waals surface area (Å²) < 4.78 is 13.9. The quantitative estimate of drug-likeness (QED) is 0.603. The number of halogens is 1. The predicted octanol–water partition coefficient (Wildman–Crippen LogP) is 4.20. The minimum Gasteiger partial charge on any atom is -0.349 e. The molecule has 0 spiro atoms. The lowest BCUT2D eigenvalue weighted by molar-refractivity contribution is -0.136. The molecule has 7 nitrogen and oxygen atoms in total. The number of aryl methyl sites for hydroxylation is 1. The first kappa shape index (κ1) is 24.9. The zero-order chi connectivity index (χ0) is 25.4. The molecule has 4 atom stereocenters. The number of aromatic amines is 1. The summed E-state index contributed by atoms with van der Waals surface area (Å²) in [6, 6.07) is 7.31. The van der Waals surface area contributed by atoms with E-state index in [4.69, 9.17) is 4.98 Å². The van der Waals surface area contributed by atoms with Crippen LogP contribution >= 0.6 is 0 Å². The van der Waals surface area contributed by atoms with Crippen molar-refractivity contribution in [2.24, 2.45) is 5.92 Å². The average molecular weight is 496 g/mol. The van der Waals surface area contributed by atoms with E-state index in [-0.39, 0.29) is 29.7 Å². The highest BCUT2D eigenvalue weighted by atomic mass is 19.1. The number of hydrogen-bond donors (Lipinski definition) is 2. The van der Waals surface area contributed by atoms with Crippen LogP contribution in [0.15, 0.2) is 24.3 Å². The molecule has 5 rings (SSSR count). The van der Waals surface area contributed by atoms with Gasteiger partial charge in [-0.15, -0.1) is 0 Å². The Morgan fingerprint density at radius 1 is 1.25 bits per heavy atom. The van der Waals surface area contributed by atoms with Crippen molar-refractivity contribution in [3.63, 3.8) is 0 Å². The maximum atomic E-state index is 13.9. The largest absolute Gasteiger partial charge is 0.349 e. The van der Waals surface area contributed by atoms with Gasteiger partial charge < -0.3 is 15.2 Å². The van der Waals surface area contributed by atoms with E-state index in [0.717, 1.165) is 68.7 Å². The monoisotopic (exact) mass is 495 g/mol. The van der Waals surface area contributed by atoms with Crippen molar-refractivity contribution in [1.29, 1.82) is 0 Å². The van der Waals surface area contributed by atoms with E-state index < -0.39 is 0 Å². The first-order valence-electron chi connectivity index (χ1n) is 13.5. The smallest absolute Gasteiger partial charge is 0.222 e. The third kappa shape index (κ3) is 4.92. The van der Waals surface area contributed by atoms with Gasteiger partial charge in [-0.2, -0.15) is 0 Å². The molecular formula is C28H38FN5O2. The van der Waals surface area contributed by atoms with Gasteiger partial charge in [-0.1, -0.05) is 19.1 Å². The van der Waals surface area contributed by atoms with Crippen LogP contribution in [-0.4, -0.2) is 56.8 Å². The molecule has 2 bridgehead atoms. The number of imidazole rings is 1. The number of hydrogen-bond acceptors (Lipinski definition) is 4. The Labute approximate surface area is 212 Å². The summed E-state index contributed by atoms with van der Waals surface area (Å²) in [5, 5.41) is 3.02. The SMILES string of the molecule is CCC(=O)N1CCc2[nH]c(C)nc2C1C1CC2CCC(C1)N2CC[C@H](NC(C)=O)c1cccc(F)c1. The van der Waals surface area contributed by atoms with E-state index >= 15 is 0 Å². The molecule has 2 fully saturated rings. The fraction of sp³-hybridized carbons (Fsp3) is 0.607. The van der Waals surface area contributed by atoms with Crippen LogP contribution in [0.3, 0.4) is 0 Å². The van der Waals surface area contributed by atoms with Crippen LogP contribution in [0, 0.1) is 18.7 Å². The van der Waals surface area contributed by atoms with E-state index in [2.05, 4.69) is 20.1 Å². The number of rotatable bonds is 7. The van der Waals surface area contributed by atoms with E-state index in [1.807, 2.05) is 19.9 Å². The van der Waals surface area contributed by atoms with Gasteiger partial charge in [0.1, 0.15) is 11.6 Å². The van der Waals surface area contributed by atoms with E-state index in [0.29, 0.717) is 24.4 Å². The summed E-state index contributed by atoms with van der Waals surface area (Å²) in [6.45, 7) is 7.07. The lowest BCUT2D eigenvalue weighted by Gasteiger charge is -2.46. The van der Waals surface area contributed by atoms with Crippen LogP contribution in [0.2, 0.25) is 0 Å². The number of benzene rings is 1. The van der Waals surface area contributed by atoms with Crippen molar-refractivity contribution in [2.75, 3.05) is 13.1 Å². The van der Waals surface area contributed by atoms with Gasteiger partial charge >= 0.3 is 0 Å². The number of aromatic nitrogens is 2. The number of carbonyl (C=O) groups is 2. The standard InChI is InChI=1S/C28H38FN5O2/c1-4-26(36)34-13-11-25-27(31-17(2)30-25)28(34)20-15-22-8-9-23(16-20)33(22)12-10-24(32-18(3)35)19-6-5-7-21(29)14-19/h5-7,14,20,22-24,28H,4,8-13,15-16H2,1-3H3,(H,30,31)(H,32,35)/t20?,22?,23?,24-,28?/m0/s1. The molecule has 194 valence electrons. The second kappa shape index (κ2) is 10.3. The maximum Gasteiger partial charge on any atom is 0.222 e. The van der Waals surface area contributed by atoms with E-state index in [1.54, 1.807) is 6.07 Å². The van der Waals surface area contributed by atoms with Crippen molar-refractivity contribution < 1.29 is 14.0 Å². The van der Waals surface area contributed by atoms with Gasteiger partial charge in [0.05, 0.1) is 17.8 Å². The van der Waals surface area contributed by atoms with Crippen molar-refractivity contribution in [2.45, 2.75) is 89.9 Å². The average Bonchev–Trinajstić information content (AvgIpc) is 3.34. The Hall–Kier alpha value is -2.74. The molecule has 3 unspecified atom stereocenters. The highest BCUT2D eigenvalue weighted by molar-refractivity contribution is 5.76. The highest BCUT2D eigenvalue weighted by Crippen LogP contribution is 2.47. The van der Waals surface area contributed by atoms with Crippen LogP contribution < -0.4 is 5.32 Å². The molecule has 3 aliphatic heterocycles. The van der Waals surface area contributed by atoms with Crippen molar-refractivity contribution in [3.05, 3.63) is 52.9 Å². The number of piperidine rings is 1. The van der Waals surface area contributed by atoms with Crippen LogP contribution in [-0.2, 0) is 16.0 Å². The van der Waals surface area contributed by atoms with Gasteiger partial charge in [-0.3, -0.25) is 14.5 Å². The third-order valence-corrected chi connectivity index (χ3v) is 8.44. The van der Waals surface area contributed by atoms with E-state index in [1.165, 1.54) is 24.8 Å². The molecular weight excluding hydrogens is 457 g/mol. The molecule has 36 heavy (non-hydrogen) atoms. The molecule has 4 heterocycles. The van der Waals surface area contributed by atoms with Gasteiger partial charge in [-0.05, 0) is 62.6 Å². The van der Waals surface area contributed by atoms with Gasteiger partial charge in [0.25, 0.3) is 0 Å². The zero-order valence-corrected chi connectivity index (χ0v) is 21.6. The van der Waals surface area contributed by atoms with Gasteiger partial charge in [0.15, 0.2) is 0 Å². The molecule has 2 amide bonds. The number of nitrogens with one attached hydrogen (secondary N) is 2. The fourth-order valence-corrected chi connectivity index (χ4v) is 6.98. The maximum absolute atomic E-state index is 13.9. The van der Waals surface area contributed by atoms with Crippen LogP contribution in [0.5, 0.6) is 0 Å². The lowest BCUT2D eigenvalue weighted by Crippen LogP contribution is -2.50. The molecule has 0 aliphatic carbocycles. The summed E-state index contributed by atoms with van der Waals surface area (Å²) in [4.78, 5) is 37.8.